The van der Waals surface area contributed by atoms with Gasteiger partial charge >= 0.3 is 11.9 Å². The molecule has 0 spiro atoms. The summed E-state index contributed by atoms with van der Waals surface area (Å²) in [6.07, 6.45) is -4.45. The van der Waals surface area contributed by atoms with E-state index >= 15 is 0 Å². The van der Waals surface area contributed by atoms with Crippen molar-refractivity contribution in [2.75, 3.05) is 5.73 Å². The van der Waals surface area contributed by atoms with Gasteiger partial charge in [-0.05, 0) is 18.2 Å². The number of H-pyrrole nitrogens is 2. The third-order valence-electron chi connectivity index (χ3n) is 2.14. The van der Waals surface area contributed by atoms with Gasteiger partial charge in [0.2, 0.25) is 0 Å². The number of hydrogen-bond donors (Lipinski definition) is 3. The van der Waals surface area contributed by atoms with Crippen LogP contribution in [0.25, 0.3) is 11.4 Å². The lowest BCUT2D eigenvalue weighted by Gasteiger charge is -2.09. The van der Waals surface area contributed by atoms with Crippen molar-refractivity contribution in [2.24, 2.45) is 0 Å². The van der Waals surface area contributed by atoms with E-state index in [4.69, 9.17) is 5.73 Å². The lowest BCUT2D eigenvalue weighted by atomic mass is 10.1. The first-order valence-corrected chi connectivity index (χ1v) is 4.49. The summed E-state index contributed by atoms with van der Waals surface area (Å²) in [5.41, 5.74) is 4.20. The van der Waals surface area contributed by atoms with E-state index in [0.717, 1.165) is 18.2 Å². The summed E-state index contributed by atoms with van der Waals surface area (Å²) < 4.78 is 37.1. The van der Waals surface area contributed by atoms with Crippen LogP contribution in [0.3, 0.4) is 0 Å². The number of rotatable bonds is 1. The van der Waals surface area contributed by atoms with E-state index in [1.54, 1.807) is 0 Å². The van der Waals surface area contributed by atoms with Gasteiger partial charge in [-0.25, -0.2) is 9.89 Å². The van der Waals surface area contributed by atoms with E-state index in [1.165, 1.54) is 0 Å². The molecule has 0 aliphatic rings. The summed E-state index contributed by atoms with van der Waals surface area (Å²) in [6, 6.07) is 2.82. The molecule has 90 valence electrons. The average molecular weight is 244 g/mol. The number of halogens is 3. The molecule has 0 aliphatic carbocycles. The average Bonchev–Trinajstić information content (AvgIpc) is 2.63. The fourth-order valence-electron chi connectivity index (χ4n) is 1.35. The molecule has 1 aromatic heterocycles. The summed E-state index contributed by atoms with van der Waals surface area (Å²) in [7, 11) is 0. The van der Waals surface area contributed by atoms with Crippen molar-refractivity contribution >= 4 is 5.69 Å². The predicted octanol–water partition coefficient (Wildman–Crippen LogP) is 1.37. The molecule has 0 atom stereocenters. The largest absolute Gasteiger partial charge is 0.416 e. The number of anilines is 1. The van der Waals surface area contributed by atoms with Crippen molar-refractivity contribution in [2.45, 2.75) is 6.18 Å². The van der Waals surface area contributed by atoms with Gasteiger partial charge in [-0.15, -0.1) is 0 Å². The molecule has 1 aromatic carbocycles. The van der Waals surface area contributed by atoms with Crippen LogP contribution in [0.5, 0.6) is 0 Å². The van der Waals surface area contributed by atoms with Crippen LogP contribution in [0.4, 0.5) is 18.9 Å². The lowest BCUT2D eigenvalue weighted by molar-refractivity contribution is -0.137. The molecule has 0 unspecified atom stereocenters. The highest BCUT2D eigenvalue weighted by Crippen LogP contribution is 2.33. The summed E-state index contributed by atoms with van der Waals surface area (Å²) in [6.45, 7) is 0. The standard InChI is InChI=1S/C9H7F3N4O/c10-9(11,12)4-1-2-5(6(13)3-4)7-14-8(17)16-15-7/h1-3H,13H2,(H2,14,15,16,17). The van der Waals surface area contributed by atoms with Crippen LogP contribution in [-0.4, -0.2) is 15.2 Å². The van der Waals surface area contributed by atoms with Gasteiger partial charge in [0.1, 0.15) is 0 Å². The minimum Gasteiger partial charge on any atom is -0.398 e. The van der Waals surface area contributed by atoms with Crippen molar-refractivity contribution in [3.05, 3.63) is 34.2 Å². The molecule has 0 amide bonds. The molecule has 5 nitrogen and oxygen atoms in total. The van der Waals surface area contributed by atoms with Gasteiger partial charge in [0, 0.05) is 11.3 Å². The van der Waals surface area contributed by atoms with Crippen LogP contribution in [0.2, 0.25) is 0 Å². The third kappa shape index (κ3) is 2.14. The van der Waals surface area contributed by atoms with Gasteiger partial charge in [0.05, 0.1) is 5.56 Å². The SMILES string of the molecule is Nc1cc(C(F)(F)F)ccc1-c1n[nH]c(=O)[nH]1. The topological polar surface area (TPSA) is 87.6 Å². The van der Waals surface area contributed by atoms with Gasteiger partial charge < -0.3 is 5.73 Å². The van der Waals surface area contributed by atoms with Crippen LogP contribution in [0.1, 0.15) is 5.56 Å². The highest BCUT2D eigenvalue weighted by atomic mass is 19.4. The molecule has 0 saturated heterocycles. The number of aromatic nitrogens is 3. The smallest absolute Gasteiger partial charge is 0.398 e. The number of alkyl halides is 3. The Morgan fingerprint density at radius 3 is 2.47 bits per heavy atom. The summed E-state index contributed by atoms with van der Waals surface area (Å²) in [5.74, 6) is 0.0984. The Morgan fingerprint density at radius 1 is 1.29 bits per heavy atom. The molecule has 4 N–H and O–H groups in total. The maximum Gasteiger partial charge on any atom is 0.416 e. The van der Waals surface area contributed by atoms with Crippen molar-refractivity contribution in [3.8, 4) is 11.4 Å². The monoisotopic (exact) mass is 244 g/mol. The van der Waals surface area contributed by atoms with E-state index < -0.39 is 17.4 Å². The van der Waals surface area contributed by atoms with Crippen LogP contribution < -0.4 is 11.4 Å². The molecule has 0 bridgehead atoms. The Kier molecular flexibility index (Phi) is 2.41. The second-order valence-electron chi connectivity index (χ2n) is 3.33. The number of nitrogens with one attached hydrogen (secondary N) is 2. The van der Waals surface area contributed by atoms with Gasteiger partial charge in [-0.1, -0.05) is 0 Å². The molecule has 0 radical (unpaired) electrons. The molecule has 0 aliphatic heterocycles. The van der Waals surface area contributed by atoms with E-state index in [9.17, 15) is 18.0 Å². The molecule has 8 heteroatoms. The Balaban J connectivity index is 2.49. The minimum atomic E-state index is -4.45. The second kappa shape index (κ2) is 3.65. The molecule has 17 heavy (non-hydrogen) atoms. The second-order valence-corrected chi connectivity index (χ2v) is 3.33. The van der Waals surface area contributed by atoms with E-state index in [0.29, 0.717) is 0 Å². The Bertz CT molecular complexity index is 599. The van der Waals surface area contributed by atoms with Crippen LogP contribution in [0.15, 0.2) is 23.0 Å². The predicted molar refractivity (Wildman–Crippen MR) is 54.1 cm³/mol. The summed E-state index contributed by atoms with van der Waals surface area (Å²) >= 11 is 0. The quantitative estimate of drug-likeness (QED) is 0.662. The third-order valence-corrected chi connectivity index (χ3v) is 2.14. The first kappa shape index (κ1) is 11.2. The number of nitrogens with zero attached hydrogens (tertiary/aromatic N) is 1. The molecule has 2 aromatic rings. The number of nitrogen functional groups attached to an aromatic ring is 1. The van der Waals surface area contributed by atoms with E-state index in [-0.39, 0.29) is 17.1 Å². The first-order valence-electron chi connectivity index (χ1n) is 4.49. The molecule has 1 heterocycles. The zero-order chi connectivity index (χ0) is 12.6. The number of aromatic amines is 2. The van der Waals surface area contributed by atoms with E-state index in [2.05, 4.69) is 15.2 Å². The zero-order valence-corrected chi connectivity index (χ0v) is 8.30. The maximum atomic E-state index is 12.4. The van der Waals surface area contributed by atoms with Gasteiger partial charge in [-0.2, -0.15) is 18.3 Å². The van der Waals surface area contributed by atoms with Crippen molar-refractivity contribution in [1.82, 2.24) is 15.2 Å². The fourth-order valence-corrected chi connectivity index (χ4v) is 1.35. The highest BCUT2D eigenvalue weighted by molar-refractivity contribution is 5.71. The van der Waals surface area contributed by atoms with Gasteiger partial charge in [0.25, 0.3) is 0 Å². The first-order chi connectivity index (χ1) is 7.88. The van der Waals surface area contributed by atoms with Crippen LogP contribution in [0, 0.1) is 0 Å². The Hall–Kier alpha value is -2.25. The number of nitrogens with two attached hydrogens (primary N) is 1. The van der Waals surface area contributed by atoms with Gasteiger partial charge in [0.15, 0.2) is 5.82 Å². The van der Waals surface area contributed by atoms with Crippen LogP contribution in [-0.2, 0) is 6.18 Å². The van der Waals surface area contributed by atoms with Gasteiger partial charge in [-0.3, -0.25) is 4.98 Å². The lowest BCUT2D eigenvalue weighted by Crippen LogP contribution is -2.06. The molecular weight excluding hydrogens is 237 g/mol. The fraction of sp³-hybridized carbons (Fsp3) is 0.111. The van der Waals surface area contributed by atoms with Crippen molar-refractivity contribution < 1.29 is 13.2 Å². The van der Waals surface area contributed by atoms with E-state index in [1.807, 2.05) is 0 Å². The normalized spacial score (nSPS) is 11.7. The molecule has 0 fully saturated rings. The molecule has 0 saturated carbocycles. The zero-order valence-electron chi connectivity index (χ0n) is 8.30. The molecule has 2 rings (SSSR count). The molecular formula is C9H7F3N4O. The highest BCUT2D eigenvalue weighted by Gasteiger charge is 2.31. The maximum absolute atomic E-state index is 12.4. The Morgan fingerprint density at radius 2 is 2.00 bits per heavy atom. The number of benzene rings is 1. The van der Waals surface area contributed by atoms with Crippen molar-refractivity contribution in [1.29, 1.82) is 0 Å². The Labute approximate surface area is 92.5 Å². The summed E-state index contributed by atoms with van der Waals surface area (Å²) in [4.78, 5) is 13.1. The minimum absolute atomic E-state index is 0.0984. The summed E-state index contributed by atoms with van der Waals surface area (Å²) in [5, 5.41) is 5.68. The van der Waals surface area contributed by atoms with Crippen molar-refractivity contribution in [3.63, 3.8) is 0 Å². The number of hydrogen-bond acceptors (Lipinski definition) is 3. The van der Waals surface area contributed by atoms with Crippen LogP contribution >= 0.6 is 0 Å².